The average molecular weight is 387 g/mol. The zero-order valence-corrected chi connectivity index (χ0v) is 15.0. The molecule has 7 nitrogen and oxygen atoms in total. The molecular weight excluding hydrogens is 367 g/mol. The third kappa shape index (κ3) is 4.00. The number of fused-ring (bicyclic) bond motifs is 1. The van der Waals surface area contributed by atoms with Crippen molar-refractivity contribution in [3.05, 3.63) is 27.5 Å². The summed E-state index contributed by atoms with van der Waals surface area (Å²) in [6.07, 6.45) is -3.72. The molecule has 27 heavy (non-hydrogen) atoms. The molecule has 0 aromatic carbocycles. The average Bonchev–Trinajstić information content (AvgIpc) is 2.91. The number of likely N-dealkylation sites (tertiary alicyclic amines) is 1. The highest BCUT2D eigenvalue weighted by molar-refractivity contribution is 6.03. The van der Waals surface area contributed by atoms with E-state index in [2.05, 4.69) is 9.97 Å². The molecule has 1 atom stereocenters. The fourth-order valence-electron chi connectivity index (χ4n) is 3.37. The molecule has 0 radical (unpaired) electrons. The van der Waals surface area contributed by atoms with Gasteiger partial charge in [0.05, 0.1) is 19.1 Å². The number of aromatic nitrogens is 2. The van der Waals surface area contributed by atoms with Gasteiger partial charge in [-0.1, -0.05) is 0 Å². The highest BCUT2D eigenvalue weighted by Crippen LogP contribution is 2.33. The molecule has 1 fully saturated rings. The number of furan rings is 1. The maximum atomic E-state index is 13.0. The Kier molecular flexibility index (Phi) is 5.27. The van der Waals surface area contributed by atoms with E-state index >= 15 is 0 Å². The predicted molar refractivity (Wildman–Crippen MR) is 89.4 cm³/mol. The lowest BCUT2D eigenvalue weighted by atomic mass is 9.97. The van der Waals surface area contributed by atoms with E-state index in [1.165, 1.54) is 6.92 Å². The molecule has 1 N–H and O–H groups in total. The molecule has 0 amide bonds. The maximum Gasteiger partial charge on any atom is 0.393 e. The van der Waals surface area contributed by atoms with Crippen LogP contribution in [0.5, 0.6) is 0 Å². The van der Waals surface area contributed by atoms with Gasteiger partial charge in [0.25, 0.3) is 5.56 Å². The number of aryl methyl sites for hydroxylation is 1. The number of aromatic amines is 1. The van der Waals surface area contributed by atoms with Gasteiger partial charge in [-0.2, -0.15) is 18.2 Å². The highest BCUT2D eigenvalue weighted by Gasteiger charge is 2.41. The van der Waals surface area contributed by atoms with Crippen LogP contribution in [0, 0.1) is 12.8 Å². The van der Waals surface area contributed by atoms with E-state index in [0.29, 0.717) is 13.0 Å². The van der Waals surface area contributed by atoms with E-state index in [4.69, 9.17) is 9.15 Å². The summed E-state index contributed by atoms with van der Waals surface area (Å²) in [5.41, 5.74) is -0.597. The first kappa shape index (κ1) is 19.4. The van der Waals surface area contributed by atoms with Gasteiger partial charge in [0, 0.05) is 6.54 Å². The summed E-state index contributed by atoms with van der Waals surface area (Å²) in [5, 5.41) is -0.0125. The standard InChI is InChI=1S/C17H20F3N3O4/c1-3-26-16(25)12-9(2)27-15-13(12)14(24)21-11(22-15)8-23-6-4-5-10(7-23)17(18,19)20/h10H,3-8H2,1-2H3,(H,21,22,24)/t10-/m1/s1. The minimum absolute atomic E-state index is 0.0125. The minimum Gasteiger partial charge on any atom is -0.462 e. The van der Waals surface area contributed by atoms with Gasteiger partial charge in [-0.25, -0.2) is 4.79 Å². The molecule has 2 aromatic heterocycles. The monoisotopic (exact) mass is 387 g/mol. The van der Waals surface area contributed by atoms with Gasteiger partial charge in [-0.15, -0.1) is 0 Å². The fraction of sp³-hybridized carbons (Fsp3) is 0.588. The summed E-state index contributed by atoms with van der Waals surface area (Å²) < 4.78 is 49.2. The number of H-pyrrole nitrogens is 1. The van der Waals surface area contributed by atoms with Crippen LogP contribution >= 0.6 is 0 Å². The van der Waals surface area contributed by atoms with Crippen molar-refractivity contribution in [2.45, 2.75) is 39.4 Å². The van der Waals surface area contributed by atoms with Crippen LogP contribution < -0.4 is 5.56 Å². The van der Waals surface area contributed by atoms with E-state index in [0.717, 1.165) is 0 Å². The molecule has 0 spiro atoms. The summed E-state index contributed by atoms with van der Waals surface area (Å²) in [6.45, 7) is 3.71. The number of nitrogens with zero attached hydrogens (tertiary/aromatic N) is 2. The maximum absolute atomic E-state index is 13.0. The number of carbonyl (C=O) groups is 1. The second-order valence-corrected chi connectivity index (χ2v) is 6.56. The molecule has 3 rings (SSSR count). The zero-order chi connectivity index (χ0) is 19.8. The Morgan fingerprint density at radius 1 is 1.44 bits per heavy atom. The molecular formula is C17H20F3N3O4. The van der Waals surface area contributed by atoms with Crippen molar-refractivity contribution in [2.24, 2.45) is 5.92 Å². The number of rotatable bonds is 4. The molecule has 0 saturated carbocycles. The van der Waals surface area contributed by atoms with Crippen LogP contribution in [0.15, 0.2) is 9.21 Å². The van der Waals surface area contributed by atoms with E-state index in [9.17, 15) is 22.8 Å². The summed E-state index contributed by atoms with van der Waals surface area (Å²) in [7, 11) is 0. The van der Waals surface area contributed by atoms with Crippen molar-refractivity contribution >= 4 is 17.1 Å². The lowest BCUT2D eigenvalue weighted by molar-refractivity contribution is -0.187. The van der Waals surface area contributed by atoms with Crippen molar-refractivity contribution in [1.82, 2.24) is 14.9 Å². The largest absolute Gasteiger partial charge is 0.462 e. The molecule has 0 bridgehead atoms. The van der Waals surface area contributed by atoms with Crippen LogP contribution in [-0.4, -0.2) is 46.7 Å². The second kappa shape index (κ2) is 7.34. The molecule has 1 saturated heterocycles. The SMILES string of the molecule is CCOC(=O)c1c(C)oc2nc(CN3CCC[C@@H](C(F)(F)F)C3)[nH]c(=O)c12. The Bertz CT molecular complexity index is 903. The first-order chi connectivity index (χ1) is 12.7. The normalized spacial score (nSPS) is 18.8. The number of ether oxygens (including phenoxy) is 1. The van der Waals surface area contributed by atoms with Gasteiger partial charge in [0.15, 0.2) is 0 Å². The van der Waals surface area contributed by atoms with Crippen molar-refractivity contribution in [3.63, 3.8) is 0 Å². The number of hydrogen-bond donors (Lipinski definition) is 1. The van der Waals surface area contributed by atoms with E-state index in [1.54, 1.807) is 11.8 Å². The van der Waals surface area contributed by atoms with Crippen molar-refractivity contribution in [3.8, 4) is 0 Å². The Morgan fingerprint density at radius 2 is 2.19 bits per heavy atom. The summed E-state index contributed by atoms with van der Waals surface area (Å²) >= 11 is 0. The second-order valence-electron chi connectivity index (χ2n) is 6.56. The van der Waals surface area contributed by atoms with Gasteiger partial charge >= 0.3 is 12.1 Å². The van der Waals surface area contributed by atoms with Gasteiger partial charge < -0.3 is 14.1 Å². The van der Waals surface area contributed by atoms with Crippen LogP contribution in [0.3, 0.4) is 0 Å². The fourth-order valence-corrected chi connectivity index (χ4v) is 3.37. The summed E-state index contributed by atoms with van der Waals surface area (Å²) in [6, 6.07) is 0. The minimum atomic E-state index is -4.24. The number of esters is 1. The van der Waals surface area contributed by atoms with Crippen LogP contribution in [0.2, 0.25) is 0 Å². The summed E-state index contributed by atoms with van der Waals surface area (Å²) in [4.78, 5) is 32.8. The van der Waals surface area contributed by atoms with Crippen LogP contribution in [0.25, 0.3) is 11.1 Å². The Hall–Kier alpha value is -2.36. The van der Waals surface area contributed by atoms with Gasteiger partial charge in [0.2, 0.25) is 5.71 Å². The smallest absolute Gasteiger partial charge is 0.393 e. The van der Waals surface area contributed by atoms with Crippen molar-refractivity contribution in [1.29, 1.82) is 0 Å². The molecule has 10 heteroatoms. The molecule has 148 valence electrons. The first-order valence-electron chi connectivity index (χ1n) is 8.69. The highest BCUT2D eigenvalue weighted by atomic mass is 19.4. The van der Waals surface area contributed by atoms with Gasteiger partial charge in [-0.05, 0) is 33.2 Å². The number of nitrogens with one attached hydrogen (secondary N) is 1. The number of piperidine rings is 1. The third-order valence-corrected chi connectivity index (χ3v) is 4.61. The molecule has 0 aliphatic carbocycles. The van der Waals surface area contributed by atoms with Crippen molar-refractivity contribution in [2.75, 3.05) is 19.7 Å². The van der Waals surface area contributed by atoms with Crippen LogP contribution in [0.4, 0.5) is 13.2 Å². The van der Waals surface area contributed by atoms with E-state index in [-0.39, 0.29) is 54.4 Å². The van der Waals surface area contributed by atoms with Crippen LogP contribution in [0.1, 0.15) is 41.7 Å². The quantitative estimate of drug-likeness (QED) is 0.812. The van der Waals surface area contributed by atoms with Gasteiger partial charge in [0.1, 0.15) is 22.5 Å². The number of carbonyl (C=O) groups excluding carboxylic acids is 1. The lowest BCUT2D eigenvalue weighted by Crippen LogP contribution is -2.41. The molecule has 3 heterocycles. The Morgan fingerprint density at radius 3 is 2.85 bits per heavy atom. The van der Waals surface area contributed by atoms with Crippen molar-refractivity contribution < 1.29 is 27.1 Å². The third-order valence-electron chi connectivity index (χ3n) is 4.61. The molecule has 1 aliphatic rings. The molecule has 0 unspecified atom stereocenters. The molecule has 1 aliphatic heterocycles. The Labute approximate surface area is 152 Å². The topological polar surface area (TPSA) is 88.4 Å². The zero-order valence-electron chi connectivity index (χ0n) is 15.0. The number of hydrogen-bond acceptors (Lipinski definition) is 6. The van der Waals surface area contributed by atoms with Gasteiger partial charge in [-0.3, -0.25) is 9.69 Å². The first-order valence-corrected chi connectivity index (χ1v) is 8.69. The van der Waals surface area contributed by atoms with E-state index < -0.39 is 23.6 Å². The Balaban J connectivity index is 1.87. The lowest BCUT2D eigenvalue weighted by Gasteiger charge is -2.33. The number of halogens is 3. The predicted octanol–water partition coefficient (Wildman–Crippen LogP) is 2.78. The van der Waals surface area contributed by atoms with Crippen LogP contribution in [-0.2, 0) is 11.3 Å². The molecule has 2 aromatic rings. The van der Waals surface area contributed by atoms with E-state index in [1.807, 2.05) is 0 Å². The number of alkyl halides is 3. The summed E-state index contributed by atoms with van der Waals surface area (Å²) in [5.74, 6) is -1.67.